The van der Waals surface area contributed by atoms with E-state index >= 15 is 0 Å². The number of carbonyl (C=O) groups excluding carboxylic acids is 2. The highest BCUT2D eigenvalue weighted by Crippen LogP contribution is 2.26. The zero-order valence-electron chi connectivity index (χ0n) is 15.0. The third-order valence-electron chi connectivity index (χ3n) is 4.39. The molecule has 0 spiro atoms. The Bertz CT molecular complexity index is 845. The molecule has 136 valence electrons. The second-order valence-electron chi connectivity index (χ2n) is 6.41. The van der Waals surface area contributed by atoms with Crippen LogP contribution in [-0.2, 0) is 4.79 Å². The van der Waals surface area contributed by atoms with Crippen LogP contribution in [0.5, 0.6) is 0 Å². The summed E-state index contributed by atoms with van der Waals surface area (Å²) in [6, 6.07) is 6.35. The minimum atomic E-state index is -0.876. The molecule has 2 heterocycles. The third kappa shape index (κ3) is 3.51. The van der Waals surface area contributed by atoms with Crippen molar-refractivity contribution in [2.24, 2.45) is 0 Å². The summed E-state index contributed by atoms with van der Waals surface area (Å²) in [6.45, 7) is 6.28. The molecule has 1 fully saturated rings. The van der Waals surface area contributed by atoms with Crippen LogP contribution in [0.25, 0.3) is 0 Å². The van der Waals surface area contributed by atoms with Gasteiger partial charge in [0.25, 0.3) is 0 Å². The van der Waals surface area contributed by atoms with E-state index in [0.717, 1.165) is 11.3 Å². The first-order valence-electron chi connectivity index (χ1n) is 8.42. The van der Waals surface area contributed by atoms with Crippen LogP contribution < -0.4 is 10.6 Å². The van der Waals surface area contributed by atoms with Gasteiger partial charge in [0.1, 0.15) is 11.9 Å². The molecule has 6 nitrogen and oxygen atoms in total. The van der Waals surface area contributed by atoms with E-state index in [4.69, 9.17) is 0 Å². The average Bonchev–Trinajstić information content (AvgIpc) is 2.57. The van der Waals surface area contributed by atoms with Gasteiger partial charge in [0.05, 0.1) is 11.4 Å². The number of nitrogens with one attached hydrogen (secondary N) is 2. The smallest absolute Gasteiger partial charge is 0.322 e. The minimum absolute atomic E-state index is 0.326. The van der Waals surface area contributed by atoms with Crippen LogP contribution in [0.4, 0.5) is 14.9 Å². The largest absolute Gasteiger partial charge is 0.352 e. The Morgan fingerprint density at radius 2 is 2.08 bits per heavy atom. The Kier molecular flexibility index (Phi) is 4.88. The van der Waals surface area contributed by atoms with Gasteiger partial charge in [-0.05, 0) is 50.1 Å². The van der Waals surface area contributed by atoms with E-state index in [1.165, 1.54) is 23.1 Å². The number of halogens is 1. The Morgan fingerprint density at radius 1 is 1.31 bits per heavy atom. The number of benzene rings is 1. The molecule has 1 atom stereocenters. The fourth-order valence-electron chi connectivity index (χ4n) is 3.28. The van der Waals surface area contributed by atoms with Crippen molar-refractivity contribution < 1.29 is 14.0 Å². The standard InChI is InChI=1S/C19H21FN4O2/c1-11-9-12(2)22-13(3)16(11)23-19(26)24-8-7-21-18(25)17(24)14-5-4-6-15(20)10-14/h4-6,9-10,17H,7-8H2,1-3H3,(H,21,25)(H,23,26). The van der Waals surface area contributed by atoms with Gasteiger partial charge in [-0.25, -0.2) is 9.18 Å². The molecule has 2 aromatic rings. The zero-order chi connectivity index (χ0) is 18.8. The molecule has 3 rings (SSSR count). The predicted molar refractivity (Wildman–Crippen MR) is 96.3 cm³/mol. The number of carbonyl (C=O) groups is 2. The summed E-state index contributed by atoms with van der Waals surface area (Å²) in [6.07, 6.45) is 0. The van der Waals surface area contributed by atoms with E-state index < -0.39 is 17.9 Å². The molecule has 2 N–H and O–H groups in total. The number of piperazine rings is 1. The van der Waals surface area contributed by atoms with Crippen LogP contribution in [0.3, 0.4) is 0 Å². The van der Waals surface area contributed by atoms with Crippen molar-refractivity contribution >= 4 is 17.6 Å². The number of nitrogens with zero attached hydrogens (tertiary/aromatic N) is 2. The number of pyridine rings is 1. The molecule has 0 bridgehead atoms. The molecule has 0 aliphatic carbocycles. The van der Waals surface area contributed by atoms with E-state index in [9.17, 15) is 14.0 Å². The van der Waals surface area contributed by atoms with Crippen molar-refractivity contribution in [1.29, 1.82) is 0 Å². The zero-order valence-corrected chi connectivity index (χ0v) is 15.0. The summed E-state index contributed by atoms with van der Waals surface area (Å²) >= 11 is 0. The Morgan fingerprint density at radius 3 is 2.77 bits per heavy atom. The molecule has 1 aromatic carbocycles. The molecule has 0 saturated carbocycles. The lowest BCUT2D eigenvalue weighted by molar-refractivity contribution is -0.127. The Labute approximate surface area is 151 Å². The van der Waals surface area contributed by atoms with E-state index in [2.05, 4.69) is 15.6 Å². The summed E-state index contributed by atoms with van der Waals surface area (Å²) < 4.78 is 13.6. The van der Waals surface area contributed by atoms with Gasteiger partial charge in [0, 0.05) is 18.8 Å². The first-order valence-corrected chi connectivity index (χ1v) is 8.42. The summed E-state index contributed by atoms with van der Waals surface area (Å²) in [5.41, 5.74) is 3.54. The molecule has 1 aromatic heterocycles. The van der Waals surface area contributed by atoms with Crippen LogP contribution in [0, 0.1) is 26.6 Å². The number of aryl methyl sites for hydroxylation is 3. The van der Waals surface area contributed by atoms with Crippen molar-refractivity contribution in [1.82, 2.24) is 15.2 Å². The number of anilines is 1. The van der Waals surface area contributed by atoms with E-state index in [0.29, 0.717) is 30.0 Å². The number of hydrogen-bond donors (Lipinski definition) is 2. The monoisotopic (exact) mass is 356 g/mol. The summed E-state index contributed by atoms with van der Waals surface area (Å²) in [4.78, 5) is 31.1. The first-order chi connectivity index (χ1) is 12.4. The van der Waals surface area contributed by atoms with Crippen molar-refractivity contribution in [3.05, 3.63) is 58.7 Å². The SMILES string of the molecule is Cc1cc(C)c(NC(=O)N2CCNC(=O)C2c2cccc(F)c2)c(C)n1. The number of aromatic nitrogens is 1. The molecule has 26 heavy (non-hydrogen) atoms. The molecule has 1 saturated heterocycles. The van der Waals surface area contributed by atoms with Crippen LogP contribution in [0.1, 0.15) is 28.6 Å². The lowest BCUT2D eigenvalue weighted by atomic mass is 10.0. The normalized spacial score (nSPS) is 17.0. The molecule has 1 aliphatic rings. The summed E-state index contributed by atoms with van der Waals surface area (Å²) in [7, 11) is 0. The van der Waals surface area contributed by atoms with Crippen molar-refractivity contribution in [3.63, 3.8) is 0 Å². The predicted octanol–water partition coefficient (Wildman–Crippen LogP) is 2.85. The molecule has 1 aliphatic heterocycles. The van der Waals surface area contributed by atoms with Crippen molar-refractivity contribution in [2.75, 3.05) is 18.4 Å². The maximum Gasteiger partial charge on any atom is 0.322 e. The van der Waals surface area contributed by atoms with Crippen LogP contribution >= 0.6 is 0 Å². The molecule has 7 heteroatoms. The van der Waals surface area contributed by atoms with Gasteiger partial charge in [-0.2, -0.15) is 0 Å². The fourth-order valence-corrected chi connectivity index (χ4v) is 3.28. The summed E-state index contributed by atoms with van der Waals surface area (Å²) in [5.74, 6) is -0.775. The van der Waals surface area contributed by atoms with Crippen molar-refractivity contribution in [2.45, 2.75) is 26.8 Å². The first kappa shape index (κ1) is 17.8. The van der Waals surface area contributed by atoms with Crippen molar-refractivity contribution in [3.8, 4) is 0 Å². The van der Waals surface area contributed by atoms with Gasteiger partial charge in [-0.1, -0.05) is 12.1 Å². The molecule has 1 unspecified atom stereocenters. The lowest BCUT2D eigenvalue weighted by Crippen LogP contribution is -2.53. The quantitative estimate of drug-likeness (QED) is 0.869. The molecular weight excluding hydrogens is 335 g/mol. The lowest BCUT2D eigenvalue weighted by Gasteiger charge is -2.35. The summed E-state index contributed by atoms with van der Waals surface area (Å²) in [5, 5.41) is 5.59. The Hall–Kier alpha value is -2.96. The number of hydrogen-bond acceptors (Lipinski definition) is 3. The maximum absolute atomic E-state index is 13.6. The van der Waals surface area contributed by atoms with E-state index in [1.54, 1.807) is 6.07 Å². The van der Waals surface area contributed by atoms with Gasteiger partial charge in [-0.15, -0.1) is 0 Å². The highest BCUT2D eigenvalue weighted by molar-refractivity contribution is 5.95. The van der Waals surface area contributed by atoms with E-state index in [1.807, 2.05) is 26.8 Å². The van der Waals surface area contributed by atoms with Gasteiger partial charge in [0.2, 0.25) is 5.91 Å². The van der Waals surface area contributed by atoms with Gasteiger partial charge in [-0.3, -0.25) is 9.78 Å². The number of urea groups is 1. The third-order valence-corrected chi connectivity index (χ3v) is 4.39. The van der Waals surface area contributed by atoms with E-state index in [-0.39, 0.29) is 5.91 Å². The number of amides is 3. The molecular formula is C19H21FN4O2. The number of rotatable bonds is 2. The molecule has 3 amide bonds. The maximum atomic E-state index is 13.6. The Balaban J connectivity index is 1.90. The van der Waals surface area contributed by atoms with Gasteiger partial charge < -0.3 is 15.5 Å². The second-order valence-corrected chi connectivity index (χ2v) is 6.41. The highest BCUT2D eigenvalue weighted by atomic mass is 19.1. The van der Waals surface area contributed by atoms with Gasteiger partial charge in [0.15, 0.2) is 0 Å². The van der Waals surface area contributed by atoms with Gasteiger partial charge >= 0.3 is 6.03 Å². The fraction of sp³-hybridized carbons (Fsp3) is 0.316. The topological polar surface area (TPSA) is 74.3 Å². The van der Waals surface area contributed by atoms with Crippen LogP contribution in [-0.4, -0.2) is 34.9 Å². The highest BCUT2D eigenvalue weighted by Gasteiger charge is 2.35. The molecule has 0 radical (unpaired) electrons. The average molecular weight is 356 g/mol. The van der Waals surface area contributed by atoms with Crippen LogP contribution in [0.15, 0.2) is 30.3 Å². The minimum Gasteiger partial charge on any atom is -0.352 e. The second kappa shape index (κ2) is 7.11. The van der Waals surface area contributed by atoms with Crippen LogP contribution in [0.2, 0.25) is 0 Å².